The van der Waals surface area contributed by atoms with Crippen LogP contribution in [0.2, 0.25) is 0 Å². The molecule has 1 N–H and O–H groups in total. The molecule has 0 amide bonds. The van der Waals surface area contributed by atoms with Crippen molar-refractivity contribution in [1.82, 2.24) is 5.32 Å². The maximum Gasteiger partial charge on any atom is 0.248 e. The zero-order valence-electron chi connectivity index (χ0n) is 10.9. The molecule has 0 heterocycles. The molecule has 1 unspecified atom stereocenters. The quantitative estimate of drug-likeness (QED) is 0.698. The summed E-state index contributed by atoms with van der Waals surface area (Å²) in [4.78, 5) is 0. The van der Waals surface area contributed by atoms with Crippen LogP contribution in [0.5, 0.6) is 0 Å². The summed E-state index contributed by atoms with van der Waals surface area (Å²) in [5.41, 5.74) is 0.382. The molecule has 0 aromatic carbocycles. The van der Waals surface area contributed by atoms with Gasteiger partial charge in [0.1, 0.15) is 0 Å². The van der Waals surface area contributed by atoms with Gasteiger partial charge in [0.2, 0.25) is 5.92 Å². The lowest BCUT2D eigenvalue weighted by atomic mass is 9.79. The summed E-state index contributed by atoms with van der Waals surface area (Å²) in [6.45, 7) is 4.26. The van der Waals surface area contributed by atoms with Crippen LogP contribution >= 0.6 is 0 Å². The van der Waals surface area contributed by atoms with E-state index in [1.165, 1.54) is 12.8 Å². The first kappa shape index (κ1) is 13.3. The van der Waals surface area contributed by atoms with Crippen molar-refractivity contribution in [3.63, 3.8) is 0 Å². The van der Waals surface area contributed by atoms with Gasteiger partial charge in [-0.15, -0.1) is 0 Å². The highest BCUT2D eigenvalue weighted by Crippen LogP contribution is 2.53. The van der Waals surface area contributed by atoms with Gasteiger partial charge >= 0.3 is 0 Å². The van der Waals surface area contributed by atoms with Crippen molar-refractivity contribution in [2.24, 2.45) is 11.3 Å². The first-order chi connectivity index (χ1) is 8.05. The molecule has 17 heavy (non-hydrogen) atoms. The van der Waals surface area contributed by atoms with Crippen molar-refractivity contribution in [1.29, 1.82) is 0 Å². The van der Waals surface area contributed by atoms with E-state index in [-0.39, 0.29) is 18.8 Å². The summed E-state index contributed by atoms with van der Waals surface area (Å²) in [5, 5.41) is 3.46. The Hall–Kier alpha value is -0.180. The van der Waals surface area contributed by atoms with Crippen LogP contribution in [-0.2, 0) is 0 Å². The largest absolute Gasteiger partial charge is 0.316 e. The summed E-state index contributed by atoms with van der Waals surface area (Å²) in [6, 6.07) is 0. The Bertz CT molecular complexity index is 249. The predicted octanol–water partition coefficient (Wildman–Crippen LogP) is 3.98. The van der Waals surface area contributed by atoms with Crippen LogP contribution in [-0.4, -0.2) is 19.0 Å². The predicted molar refractivity (Wildman–Crippen MR) is 66.3 cm³/mol. The SMILES string of the molecule is CCCNCC1(CC2CCCC(F)(F)C2)CC1. The third kappa shape index (κ3) is 3.90. The lowest BCUT2D eigenvalue weighted by Crippen LogP contribution is -2.31. The molecule has 2 fully saturated rings. The molecule has 2 rings (SSSR count). The first-order valence-corrected chi connectivity index (χ1v) is 7.14. The average Bonchev–Trinajstić information content (AvgIpc) is 2.97. The summed E-state index contributed by atoms with van der Waals surface area (Å²) in [7, 11) is 0. The topological polar surface area (TPSA) is 12.0 Å². The summed E-state index contributed by atoms with van der Waals surface area (Å²) >= 11 is 0. The maximum atomic E-state index is 13.3. The number of nitrogens with one attached hydrogen (secondary N) is 1. The third-order valence-corrected chi connectivity index (χ3v) is 4.35. The van der Waals surface area contributed by atoms with E-state index >= 15 is 0 Å². The van der Waals surface area contributed by atoms with Crippen LogP contribution in [0, 0.1) is 11.3 Å². The van der Waals surface area contributed by atoms with E-state index in [1.54, 1.807) is 0 Å². The molecular weight excluding hydrogens is 220 g/mol. The Morgan fingerprint density at radius 2 is 2.00 bits per heavy atom. The number of halogens is 2. The molecule has 0 aromatic heterocycles. The monoisotopic (exact) mass is 245 g/mol. The van der Waals surface area contributed by atoms with Crippen LogP contribution in [0.4, 0.5) is 8.78 Å². The van der Waals surface area contributed by atoms with E-state index in [4.69, 9.17) is 0 Å². The minimum atomic E-state index is -2.38. The number of rotatable bonds is 6. The van der Waals surface area contributed by atoms with Gasteiger partial charge in [0.05, 0.1) is 0 Å². The first-order valence-electron chi connectivity index (χ1n) is 7.14. The van der Waals surface area contributed by atoms with Gasteiger partial charge in [-0.2, -0.15) is 0 Å². The average molecular weight is 245 g/mol. The molecule has 0 aliphatic heterocycles. The highest BCUT2D eigenvalue weighted by molar-refractivity contribution is 4.97. The minimum Gasteiger partial charge on any atom is -0.316 e. The van der Waals surface area contributed by atoms with Crippen molar-refractivity contribution in [3.8, 4) is 0 Å². The molecule has 3 heteroatoms. The normalized spacial score (nSPS) is 30.2. The van der Waals surface area contributed by atoms with Gasteiger partial charge in [0.25, 0.3) is 0 Å². The standard InChI is InChI=1S/C14H25F2N/c1-2-8-17-11-13(6-7-13)9-12-4-3-5-14(15,16)10-12/h12,17H,2-11H2,1H3. The van der Waals surface area contributed by atoms with Crippen molar-refractivity contribution in [2.75, 3.05) is 13.1 Å². The molecule has 2 aliphatic rings. The van der Waals surface area contributed by atoms with Gasteiger partial charge in [0.15, 0.2) is 0 Å². The Labute approximate surface area is 103 Å². The molecule has 0 aromatic rings. The molecule has 0 spiro atoms. The van der Waals surface area contributed by atoms with E-state index in [0.717, 1.165) is 38.8 Å². The van der Waals surface area contributed by atoms with Crippen molar-refractivity contribution >= 4 is 0 Å². The van der Waals surface area contributed by atoms with E-state index in [0.29, 0.717) is 5.41 Å². The second-order valence-corrected chi connectivity index (χ2v) is 6.20. The van der Waals surface area contributed by atoms with E-state index in [9.17, 15) is 8.78 Å². The second-order valence-electron chi connectivity index (χ2n) is 6.20. The Morgan fingerprint density at radius 1 is 1.24 bits per heavy atom. The summed E-state index contributed by atoms with van der Waals surface area (Å²) in [6.07, 6.45) is 6.66. The lowest BCUT2D eigenvalue weighted by molar-refractivity contribution is -0.0563. The molecular formula is C14H25F2N. The van der Waals surface area contributed by atoms with Crippen LogP contribution < -0.4 is 5.32 Å². The van der Waals surface area contributed by atoms with Gasteiger partial charge in [-0.05, 0) is 56.4 Å². The van der Waals surface area contributed by atoms with Crippen LogP contribution in [0.3, 0.4) is 0 Å². The van der Waals surface area contributed by atoms with Gasteiger partial charge in [0, 0.05) is 19.4 Å². The molecule has 2 aliphatic carbocycles. The molecule has 0 bridgehead atoms. The fourth-order valence-corrected chi connectivity index (χ4v) is 3.22. The lowest BCUT2D eigenvalue weighted by Gasteiger charge is -2.31. The maximum absolute atomic E-state index is 13.3. The van der Waals surface area contributed by atoms with E-state index in [1.807, 2.05) is 0 Å². The van der Waals surface area contributed by atoms with Crippen LogP contribution in [0.1, 0.15) is 58.3 Å². The molecule has 1 atom stereocenters. The highest BCUT2D eigenvalue weighted by atomic mass is 19.3. The van der Waals surface area contributed by atoms with Gasteiger partial charge in [-0.3, -0.25) is 0 Å². The number of alkyl halides is 2. The van der Waals surface area contributed by atoms with Gasteiger partial charge in [-0.1, -0.05) is 6.92 Å². The van der Waals surface area contributed by atoms with Crippen molar-refractivity contribution in [2.45, 2.75) is 64.2 Å². The van der Waals surface area contributed by atoms with Crippen LogP contribution in [0.25, 0.3) is 0 Å². The Kier molecular flexibility index (Phi) is 4.06. The van der Waals surface area contributed by atoms with Crippen molar-refractivity contribution < 1.29 is 8.78 Å². The molecule has 0 saturated heterocycles. The fourth-order valence-electron chi connectivity index (χ4n) is 3.22. The van der Waals surface area contributed by atoms with Crippen LogP contribution in [0.15, 0.2) is 0 Å². The zero-order chi connectivity index (χ0) is 12.4. The van der Waals surface area contributed by atoms with Crippen molar-refractivity contribution in [3.05, 3.63) is 0 Å². The number of hydrogen-bond donors (Lipinski definition) is 1. The molecule has 2 saturated carbocycles. The molecule has 100 valence electrons. The zero-order valence-corrected chi connectivity index (χ0v) is 10.9. The highest BCUT2D eigenvalue weighted by Gasteiger charge is 2.46. The van der Waals surface area contributed by atoms with E-state index in [2.05, 4.69) is 12.2 Å². The Morgan fingerprint density at radius 3 is 2.59 bits per heavy atom. The number of hydrogen-bond acceptors (Lipinski definition) is 1. The van der Waals surface area contributed by atoms with E-state index < -0.39 is 5.92 Å². The molecule has 0 radical (unpaired) electrons. The summed E-state index contributed by atoms with van der Waals surface area (Å²) in [5.74, 6) is -2.11. The second kappa shape index (κ2) is 5.21. The Balaban J connectivity index is 1.76. The smallest absolute Gasteiger partial charge is 0.248 e. The van der Waals surface area contributed by atoms with Gasteiger partial charge < -0.3 is 5.32 Å². The van der Waals surface area contributed by atoms with Gasteiger partial charge in [-0.25, -0.2) is 8.78 Å². The minimum absolute atomic E-state index is 0.116. The molecule has 1 nitrogen and oxygen atoms in total. The third-order valence-electron chi connectivity index (χ3n) is 4.35. The summed E-state index contributed by atoms with van der Waals surface area (Å²) < 4.78 is 26.7. The fraction of sp³-hybridized carbons (Fsp3) is 1.00.